The van der Waals surface area contributed by atoms with Crippen LogP contribution in [-0.2, 0) is 0 Å². The zero-order valence-electron chi connectivity index (χ0n) is 11.6. The van der Waals surface area contributed by atoms with Crippen molar-refractivity contribution in [3.63, 3.8) is 0 Å². The molecule has 3 aromatic rings. The molecule has 2 aromatic heterocycles. The number of nitrogens with two attached hydrogens (primary N) is 1. The minimum absolute atomic E-state index is 0.135. The Labute approximate surface area is 131 Å². The van der Waals surface area contributed by atoms with Gasteiger partial charge in [-0.3, -0.25) is 4.79 Å². The molecule has 2 heterocycles. The third-order valence-electron chi connectivity index (χ3n) is 2.75. The number of hydrogen-bond donors (Lipinski definition) is 2. The molecule has 10 nitrogen and oxygen atoms in total. The maximum Gasteiger partial charge on any atom is 0.396 e. The van der Waals surface area contributed by atoms with Crippen molar-refractivity contribution in [1.29, 1.82) is 0 Å². The number of hydrogen-bond acceptors (Lipinski definition) is 10. The lowest BCUT2D eigenvalue weighted by molar-refractivity contribution is 0.0946. The molecular formula is C12H9N5O5S. The number of benzene rings is 1. The van der Waals surface area contributed by atoms with Gasteiger partial charge in [-0.05, 0) is 28.0 Å². The average molecular weight is 335 g/mol. The Kier molecular flexibility index (Phi) is 3.76. The molecule has 0 spiro atoms. The number of ether oxygens (including phenoxy) is 1. The van der Waals surface area contributed by atoms with Crippen molar-refractivity contribution >= 4 is 39.6 Å². The van der Waals surface area contributed by atoms with Gasteiger partial charge in [0.1, 0.15) is 0 Å². The smallest absolute Gasteiger partial charge is 0.396 e. The first-order valence-electron chi connectivity index (χ1n) is 6.11. The molecule has 3 rings (SSSR count). The second-order valence-corrected chi connectivity index (χ2v) is 5.18. The second-order valence-electron chi connectivity index (χ2n) is 4.20. The van der Waals surface area contributed by atoms with E-state index >= 15 is 0 Å². The van der Waals surface area contributed by atoms with Crippen LogP contribution in [0.4, 0.5) is 5.82 Å². The van der Waals surface area contributed by atoms with Crippen molar-refractivity contribution in [1.82, 2.24) is 15.7 Å². The number of nitrogen functional groups attached to an aromatic ring is 1. The third-order valence-corrected chi connectivity index (χ3v) is 3.52. The first-order chi connectivity index (χ1) is 11.1. The maximum absolute atomic E-state index is 11.7. The minimum atomic E-state index is -0.666. The Bertz CT molecular complexity index is 956. The summed E-state index contributed by atoms with van der Waals surface area (Å²) in [7, 11) is 1.45. The summed E-state index contributed by atoms with van der Waals surface area (Å²) < 4.78 is 15.1. The molecule has 11 heteroatoms. The second kappa shape index (κ2) is 5.88. The van der Waals surface area contributed by atoms with Crippen LogP contribution >= 0.6 is 11.3 Å². The van der Waals surface area contributed by atoms with Gasteiger partial charge >= 0.3 is 4.94 Å². The number of carbonyl (C=O) groups is 1. The molecule has 0 fully saturated rings. The van der Waals surface area contributed by atoms with E-state index in [2.05, 4.69) is 25.5 Å². The van der Waals surface area contributed by atoms with E-state index in [1.54, 1.807) is 12.1 Å². The zero-order chi connectivity index (χ0) is 16.4. The van der Waals surface area contributed by atoms with Crippen LogP contribution in [0.3, 0.4) is 0 Å². The molecular weight excluding hydrogens is 326 g/mol. The monoisotopic (exact) mass is 335 g/mol. The van der Waals surface area contributed by atoms with E-state index in [1.807, 2.05) is 0 Å². The Morgan fingerprint density at radius 1 is 1.48 bits per heavy atom. The topological polar surface area (TPSA) is 146 Å². The largest absolute Gasteiger partial charge is 0.493 e. The highest BCUT2D eigenvalue weighted by Crippen LogP contribution is 2.28. The Morgan fingerprint density at radius 3 is 3.00 bits per heavy atom. The van der Waals surface area contributed by atoms with Gasteiger partial charge < -0.3 is 14.9 Å². The van der Waals surface area contributed by atoms with Gasteiger partial charge in [0.2, 0.25) is 11.5 Å². The lowest BCUT2D eigenvalue weighted by atomic mass is 10.2. The Balaban J connectivity index is 1.82. The molecule has 0 atom stereocenters. The normalized spacial score (nSPS) is 11.2. The van der Waals surface area contributed by atoms with Crippen molar-refractivity contribution in [2.75, 3.05) is 12.8 Å². The highest BCUT2D eigenvalue weighted by atomic mass is 32.1. The fourth-order valence-corrected chi connectivity index (χ4v) is 2.50. The van der Waals surface area contributed by atoms with Gasteiger partial charge in [0.25, 0.3) is 5.91 Å². The summed E-state index contributed by atoms with van der Waals surface area (Å²) >= 11 is 0.937. The summed E-state index contributed by atoms with van der Waals surface area (Å²) in [4.78, 5) is 22.6. The zero-order valence-corrected chi connectivity index (χ0v) is 12.4. The van der Waals surface area contributed by atoms with Crippen molar-refractivity contribution in [3.8, 4) is 5.75 Å². The Hall–Kier alpha value is -3.21. The number of rotatable bonds is 4. The van der Waals surface area contributed by atoms with Crippen LogP contribution in [0.5, 0.6) is 5.75 Å². The molecule has 0 aliphatic rings. The van der Waals surface area contributed by atoms with E-state index in [1.165, 1.54) is 13.3 Å². The van der Waals surface area contributed by atoms with E-state index in [9.17, 15) is 9.59 Å². The molecule has 0 aliphatic heterocycles. The van der Waals surface area contributed by atoms with Crippen molar-refractivity contribution in [2.45, 2.75) is 0 Å². The summed E-state index contributed by atoms with van der Waals surface area (Å²) in [5.74, 6) is -0.413. The van der Waals surface area contributed by atoms with E-state index in [0.717, 1.165) is 11.3 Å². The molecule has 1 amide bonds. The lowest BCUT2D eigenvalue weighted by Gasteiger charge is -2.01. The number of amides is 1. The molecule has 0 unspecified atom stereocenters. The molecule has 0 aliphatic carbocycles. The van der Waals surface area contributed by atoms with Crippen LogP contribution in [0.1, 0.15) is 16.1 Å². The molecule has 1 aromatic carbocycles. The number of anilines is 1. The molecule has 0 bridgehead atoms. The molecule has 3 N–H and O–H groups in total. The molecule has 0 saturated heterocycles. The van der Waals surface area contributed by atoms with Crippen LogP contribution in [0.15, 0.2) is 31.1 Å². The Morgan fingerprint density at radius 2 is 2.30 bits per heavy atom. The number of hydrazone groups is 1. The van der Waals surface area contributed by atoms with E-state index in [0.29, 0.717) is 21.6 Å². The van der Waals surface area contributed by atoms with Gasteiger partial charge in [0.05, 0.1) is 18.0 Å². The highest BCUT2D eigenvalue weighted by Gasteiger charge is 2.15. The quantitative estimate of drug-likeness (QED) is 0.520. The fourth-order valence-electron chi connectivity index (χ4n) is 1.76. The molecule has 23 heavy (non-hydrogen) atoms. The minimum Gasteiger partial charge on any atom is -0.493 e. The third kappa shape index (κ3) is 2.89. The lowest BCUT2D eigenvalue weighted by Crippen LogP contribution is -2.19. The summed E-state index contributed by atoms with van der Waals surface area (Å²) in [5.41, 5.74) is 8.42. The van der Waals surface area contributed by atoms with Crippen molar-refractivity contribution in [2.24, 2.45) is 5.10 Å². The van der Waals surface area contributed by atoms with Gasteiger partial charge in [-0.15, -0.1) is 0 Å². The summed E-state index contributed by atoms with van der Waals surface area (Å²) in [5, 5.41) is 10.4. The SMILES string of the molecule is COc1cc(/C=N\NC(=O)c2nonc2N)cc2sc(=O)oc12. The predicted molar refractivity (Wildman–Crippen MR) is 80.7 cm³/mol. The van der Waals surface area contributed by atoms with Crippen LogP contribution < -0.4 is 20.8 Å². The maximum atomic E-state index is 11.7. The van der Waals surface area contributed by atoms with Gasteiger partial charge in [-0.25, -0.2) is 14.8 Å². The van der Waals surface area contributed by atoms with Crippen LogP contribution in [0, 0.1) is 0 Å². The predicted octanol–water partition coefficient (Wildman–Crippen LogP) is 0.592. The number of methoxy groups -OCH3 is 1. The van der Waals surface area contributed by atoms with Crippen LogP contribution in [0.2, 0.25) is 0 Å². The van der Waals surface area contributed by atoms with Crippen LogP contribution in [-0.4, -0.2) is 29.5 Å². The average Bonchev–Trinajstić information content (AvgIpc) is 3.11. The van der Waals surface area contributed by atoms with E-state index < -0.39 is 10.8 Å². The van der Waals surface area contributed by atoms with Crippen LogP contribution in [0.25, 0.3) is 10.3 Å². The van der Waals surface area contributed by atoms with Gasteiger partial charge in [-0.2, -0.15) is 5.10 Å². The van der Waals surface area contributed by atoms with E-state index in [-0.39, 0.29) is 11.5 Å². The fraction of sp³-hybridized carbons (Fsp3) is 0.0833. The summed E-state index contributed by atoms with van der Waals surface area (Å²) in [6.07, 6.45) is 1.37. The summed E-state index contributed by atoms with van der Waals surface area (Å²) in [6.45, 7) is 0. The summed E-state index contributed by atoms with van der Waals surface area (Å²) in [6, 6.07) is 3.29. The number of nitrogens with one attached hydrogen (secondary N) is 1. The number of carbonyl (C=O) groups excluding carboxylic acids is 1. The van der Waals surface area contributed by atoms with E-state index in [4.69, 9.17) is 14.9 Å². The number of aromatic nitrogens is 2. The number of nitrogens with zero attached hydrogens (tertiary/aromatic N) is 3. The van der Waals surface area contributed by atoms with Crippen molar-refractivity contribution < 1.29 is 18.6 Å². The van der Waals surface area contributed by atoms with Crippen molar-refractivity contribution in [3.05, 3.63) is 33.1 Å². The molecule has 0 radical (unpaired) electrons. The van der Waals surface area contributed by atoms with Gasteiger partial charge in [0.15, 0.2) is 11.3 Å². The molecule has 0 saturated carbocycles. The molecule has 118 valence electrons. The van der Waals surface area contributed by atoms with Gasteiger partial charge in [-0.1, -0.05) is 11.3 Å². The standard InChI is InChI=1S/C12H9N5O5S/c1-20-6-2-5(3-7-9(6)21-12(19)23-7)4-14-15-11(18)8-10(13)17-22-16-8/h2-4H,1H3,(H2,13,17)(H,15,18)/b14-4-. The first-order valence-corrected chi connectivity index (χ1v) is 6.93. The highest BCUT2D eigenvalue weighted by molar-refractivity contribution is 7.16. The van der Waals surface area contributed by atoms with Gasteiger partial charge in [0, 0.05) is 0 Å². The number of fused-ring (bicyclic) bond motifs is 1. The first kappa shape index (κ1) is 14.7.